The summed E-state index contributed by atoms with van der Waals surface area (Å²) in [5.41, 5.74) is 2.38. The fourth-order valence-corrected chi connectivity index (χ4v) is 3.24. The number of rotatable bonds is 6. The highest BCUT2D eigenvalue weighted by Crippen LogP contribution is 2.23. The Morgan fingerprint density at radius 3 is 3.15 bits per heavy atom. The van der Waals surface area contributed by atoms with Crippen LogP contribution in [-0.2, 0) is 0 Å². The number of nitrogens with zero attached hydrogens (tertiary/aromatic N) is 4. The Bertz CT molecular complexity index is 906. The van der Waals surface area contributed by atoms with Gasteiger partial charge < -0.3 is 20.5 Å². The molecule has 3 aromatic rings. The van der Waals surface area contributed by atoms with E-state index in [1.807, 2.05) is 29.7 Å². The van der Waals surface area contributed by atoms with Crippen LogP contribution in [0.2, 0.25) is 0 Å². The molecule has 142 valence electrons. The summed E-state index contributed by atoms with van der Waals surface area (Å²) < 4.78 is 7.59. The summed E-state index contributed by atoms with van der Waals surface area (Å²) >= 11 is 0. The number of hydrogen-bond acceptors (Lipinski definition) is 7. The van der Waals surface area contributed by atoms with E-state index in [-0.39, 0.29) is 12.7 Å². The topological polar surface area (TPSA) is 96.6 Å². The van der Waals surface area contributed by atoms with Gasteiger partial charge in [0, 0.05) is 24.8 Å². The predicted molar refractivity (Wildman–Crippen MR) is 103 cm³/mol. The number of aliphatic hydroxyl groups is 1. The predicted octanol–water partition coefficient (Wildman–Crippen LogP) is 1.71. The Morgan fingerprint density at radius 2 is 2.33 bits per heavy atom. The molecule has 1 fully saturated rings. The Hall–Kier alpha value is -2.71. The third-order valence-corrected chi connectivity index (χ3v) is 4.62. The number of piperidine rings is 1. The molecule has 4 rings (SSSR count). The average Bonchev–Trinajstić information content (AvgIpc) is 3.12. The molecule has 27 heavy (non-hydrogen) atoms. The lowest BCUT2D eigenvalue weighted by Gasteiger charge is -2.24. The second kappa shape index (κ2) is 7.89. The van der Waals surface area contributed by atoms with Crippen molar-refractivity contribution in [3.05, 3.63) is 36.9 Å². The minimum Gasteiger partial charge on any atom is -0.488 e. The molecule has 0 spiro atoms. The molecule has 1 aliphatic heterocycles. The first kappa shape index (κ1) is 17.7. The molecule has 0 saturated carbocycles. The zero-order chi connectivity index (χ0) is 18.6. The highest BCUT2D eigenvalue weighted by molar-refractivity contribution is 5.61. The molecule has 1 aliphatic rings. The zero-order valence-corrected chi connectivity index (χ0v) is 15.3. The zero-order valence-electron chi connectivity index (χ0n) is 15.3. The number of imidazole rings is 1. The van der Waals surface area contributed by atoms with Gasteiger partial charge in [0.1, 0.15) is 29.0 Å². The monoisotopic (exact) mass is 368 g/mol. The molecule has 3 N–H and O–H groups in total. The summed E-state index contributed by atoms with van der Waals surface area (Å²) in [4.78, 5) is 13.5. The highest BCUT2D eigenvalue weighted by Gasteiger charge is 2.15. The minimum absolute atomic E-state index is 0.0310. The van der Waals surface area contributed by atoms with E-state index in [0.29, 0.717) is 11.8 Å². The summed E-state index contributed by atoms with van der Waals surface area (Å²) in [5.74, 6) is 1.44. The minimum atomic E-state index is -0.259. The second-order valence-electron chi connectivity index (χ2n) is 6.82. The first-order valence-corrected chi connectivity index (χ1v) is 9.27. The van der Waals surface area contributed by atoms with E-state index >= 15 is 0 Å². The van der Waals surface area contributed by atoms with Gasteiger partial charge in [-0.15, -0.1) is 0 Å². The van der Waals surface area contributed by atoms with Gasteiger partial charge in [0.15, 0.2) is 0 Å². The summed E-state index contributed by atoms with van der Waals surface area (Å²) in [5, 5.41) is 16.0. The maximum absolute atomic E-state index is 9.13. The molecule has 0 radical (unpaired) electrons. The molecule has 0 bridgehead atoms. The number of hydrogen-bond donors (Lipinski definition) is 3. The molecule has 0 amide bonds. The van der Waals surface area contributed by atoms with Crippen LogP contribution >= 0.6 is 0 Å². The molecule has 2 atom stereocenters. The molecule has 1 saturated heterocycles. The van der Waals surface area contributed by atoms with Crippen molar-refractivity contribution in [2.45, 2.75) is 31.9 Å². The standard InChI is InChI=1S/C19H24N6O2/c1-13(12-26)27-15-4-6-25-17(10-22-19(25)7-15)16-9-21-11-18(24-16)23-14-3-2-5-20-8-14/h4,6-7,9-11,13-14,20,26H,2-3,5,8,12H2,1H3,(H,23,24)/t13-,14+/m0/s1. The molecule has 0 aliphatic carbocycles. The van der Waals surface area contributed by atoms with Crippen molar-refractivity contribution in [1.29, 1.82) is 0 Å². The van der Waals surface area contributed by atoms with Gasteiger partial charge in [0.2, 0.25) is 0 Å². The van der Waals surface area contributed by atoms with E-state index in [9.17, 15) is 0 Å². The summed E-state index contributed by atoms with van der Waals surface area (Å²) in [6, 6.07) is 4.07. The number of fused-ring (bicyclic) bond motifs is 1. The van der Waals surface area contributed by atoms with E-state index in [0.717, 1.165) is 48.8 Å². The van der Waals surface area contributed by atoms with Gasteiger partial charge >= 0.3 is 0 Å². The van der Waals surface area contributed by atoms with Gasteiger partial charge in [0.25, 0.3) is 0 Å². The van der Waals surface area contributed by atoms with Crippen LogP contribution in [0.3, 0.4) is 0 Å². The quantitative estimate of drug-likeness (QED) is 0.609. The normalized spacial score (nSPS) is 18.4. The lowest BCUT2D eigenvalue weighted by Crippen LogP contribution is -2.38. The average molecular weight is 368 g/mol. The van der Waals surface area contributed by atoms with Crippen molar-refractivity contribution in [2.24, 2.45) is 0 Å². The van der Waals surface area contributed by atoms with Crippen LogP contribution in [0.4, 0.5) is 5.82 Å². The van der Waals surface area contributed by atoms with Crippen molar-refractivity contribution >= 4 is 11.5 Å². The molecule has 3 aromatic heterocycles. The number of aliphatic hydroxyl groups excluding tert-OH is 1. The summed E-state index contributed by atoms with van der Waals surface area (Å²) in [7, 11) is 0. The Kier molecular flexibility index (Phi) is 5.17. The van der Waals surface area contributed by atoms with Gasteiger partial charge in [-0.25, -0.2) is 9.97 Å². The molecular formula is C19H24N6O2. The Labute approximate surface area is 157 Å². The fraction of sp³-hybridized carbons (Fsp3) is 0.421. The van der Waals surface area contributed by atoms with Crippen LogP contribution in [0.15, 0.2) is 36.9 Å². The molecule has 4 heterocycles. The van der Waals surface area contributed by atoms with Crippen LogP contribution < -0.4 is 15.4 Å². The van der Waals surface area contributed by atoms with Gasteiger partial charge in [-0.1, -0.05) is 0 Å². The smallest absolute Gasteiger partial charge is 0.145 e. The van der Waals surface area contributed by atoms with Crippen molar-refractivity contribution in [3.8, 4) is 17.1 Å². The van der Waals surface area contributed by atoms with Crippen molar-refractivity contribution in [3.63, 3.8) is 0 Å². The van der Waals surface area contributed by atoms with E-state index in [4.69, 9.17) is 14.8 Å². The number of ether oxygens (including phenoxy) is 1. The number of anilines is 1. The van der Waals surface area contributed by atoms with Crippen molar-refractivity contribution < 1.29 is 9.84 Å². The van der Waals surface area contributed by atoms with Crippen molar-refractivity contribution in [1.82, 2.24) is 24.7 Å². The third kappa shape index (κ3) is 4.01. The molecule has 8 nitrogen and oxygen atoms in total. The van der Waals surface area contributed by atoms with E-state index < -0.39 is 0 Å². The maximum Gasteiger partial charge on any atom is 0.145 e. The van der Waals surface area contributed by atoms with Crippen LogP contribution in [0.5, 0.6) is 5.75 Å². The largest absolute Gasteiger partial charge is 0.488 e. The lowest BCUT2D eigenvalue weighted by atomic mass is 10.1. The van der Waals surface area contributed by atoms with Gasteiger partial charge in [-0.05, 0) is 32.4 Å². The number of pyridine rings is 1. The summed E-state index contributed by atoms with van der Waals surface area (Å²) in [6.07, 6.45) is 9.20. The number of aromatic nitrogens is 4. The first-order chi connectivity index (χ1) is 13.2. The number of nitrogens with one attached hydrogen (secondary N) is 2. The molecule has 8 heteroatoms. The highest BCUT2D eigenvalue weighted by atomic mass is 16.5. The lowest BCUT2D eigenvalue weighted by molar-refractivity contribution is 0.130. The van der Waals surface area contributed by atoms with E-state index in [1.165, 1.54) is 0 Å². The van der Waals surface area contributed by atoms with Crippen molar-refractivity contribution in [2.75, 3.05) is 25.0 Å². The van der Waals surface area contributed by atoms with Crippen LogP contribution in [0, 0.1) is 0 Å². The van der Waals surface area contributed by atoms with Gasteiger partial charge in [-0.3, -0.25) is 9.38 Å². The molecular weight excluding hydrogens is 344 g/mol. The van der Waals surface area contributed by atoms with E-state index in [1.54, 1.807) is 18.6 Å². The third-order valence-electron chi connectivity index (χ3n) is 4.62. The molecule has 0 unspecified atom stereocenters. The first-order valence-electron chi connectivity index (χ1n) is 9.27. The van der Waals surface area contributed by atoms with Crippen LogP contribution in [-0.4, -0.2) is 56.3 Å². The fourth-order valence-electron chi connectivity index (χ4n) is 3.24. The SMILES string of the molecule is C[C@@H](CO)Oc1ccn2c(-c3cncc(N[C@@H]4CCCNC4)n3)cnc2c1. The van der Waals surface area contributed by atoms with Gasteiger partial charge in [-0.2, -0.15) is 0 Å². The van der Waals surface area contributed by atoms with E-state index in [2.05, 4.69) is 20.6 Å². The second-order valence-corrected chi connectivity index (χ2v) is 6.82. The van der Waals surface area contributed by atoms with Gasteiger partial charge in [0.05, 0.1) is 30.9 Å². The van der Waals surface area contributed by atoms with Crippen LogP contribution in [0.1, 0.15) is 19.8 Å². The van der Waals surface area contributed by atoms with Crippen LogP contribution in [0.25, 0.3) is 17.0 Å². The molecule has 0 aromatic carbocycles. The maximum atomic E-state index is 9.13. The Morgan fingerprint density at radius 1 is 1.41 bits per heavy atom. The Balaban J connectivity index is 1.57. The summed E-state index contributed by atoms with van der Waals surface area (Å²) in [6.45, 7) is 3.80.